The second-order valence-corrected chi connectivity index (χ2v) is 5.24. The van der Waals surface area contributed by atoms with Gasteiger partial charge in [-0.2, -0.15) is 5.26 Å². The van der Waals surface area contributed by atoms with Gasteiger partial charge in [-0.05, 0) is 34.1 Å². The lowest BCUT2D eigenvalue weighted by Crippen LogP contribution is -2.42. The highest BCUT2D eigenvalue weighted by molar-refractivity contribution is 5.68. The van der Waals surface area contributed by atoms with E-state index in [1.165, 1.54) is 0 Å². The fourth-order valence-electron chi connectivity index (χ4n) is 1.38. The first-order chi connectivity index (χ1) is 7.81. The lowest BCUT2D eigenvalue weighted by molar-refractivity contribution is 0.0177. The van der Waals surface area contributed by atoms with Gasteiger partial charge in [-0.25, -0.2) is 4.79 Å². The first-order valence-electron chi connectivity index (χ1n) is 6.18. The van der Waals surface area contributed by atoms with Crippen molar-refractivity contribution in [2.75, 3.05) is 6.54 Å². The van der Waals surface area contributed by atoms with Crippen molar-refractivity contribution in [3.8, 4) is 6.07 Å². The van der Waals surface area contributed by atoms with Crippen LogP contribution in [0, 0.1) is 11.3 Å². The van der Waals surface area contributed by atoms with Crippen LogP contribution >= 0.6 is 0 Å². The Morgan fingerprint density at radius 2 is 2.06 bits per heavy atom. The number of unbranched alkanes of at least 4 members (excludes halogenated alkanes) is 1. The normalized spacial score (nSPS) is 12.7. The van der Waals surface area contributed by atoms with Crippen LogP contribution in [0.4, 0.5) is 4.79 Å². The first kappa shape index (κ1) is 15.8. The van der Waals surface area contributed by atoms with Crippen LogP contribution in [0.5, 0.6) is 0 Å². The average molecular weight is 240 g/mol. The van der Waals surface area contributed by atoms with Crippen LogP contribution in [0.1, 0.15) is 53.9 Å². The molecule has 0 fully saturated rings. The van der Waals surface area contributed by atoms with E-state index in [4.69, 9.17) is 10.00 Å². The molecule has 0 aliphatic heterocycles. The summed E-state index contributed by atoms with van der Waals surface area (Å²) in [6.07, 6.45) is 1.95. The van der Waals surface area contributed by atoms with Crippen LogP contribution in [0.25, 0.3) is 0 Å². The van der Waals surface area contributed by atoms with Crippen LogP contribution in [0.2, 0.25) is 0 Å². The maximum absolute atomic E-state index is 12.0. The molecule has 0 bridgehead atoms. The third kappa shape index (κ3) is 6.83. The number of nitrogens with zero attached hydrogens (tertiary/aromatic N) is 2. The smallest absolute Gasteiger partial charge is 0.410 e. The molecule has 0 unspecified atom stereocenters. The predicted molar refractivity (Wildman–Crippen MR) is 67.5 cm³/mol. The zero-order valence-electron chi connectivity index (χ0n) is 11.6. The zero-order valence-corrected chi connectivity index (χ0v) is 11.6. The third-order valence-corrected chi connectivity index (χ3v) is 2.30. The van der Waals surface area contributed by atoms with Gasteiger partial charge in [0.15, 0.2) is 0 Å². The van der Waals surface area contributed by atoms with E-state index in [1.54, 1.807) is 4.90 Å². The molecular formula is C13H24N2O2. The van der Waals surface area contributed by atoms with Gasteiger partial charge in [-0.15, -0.1) is 0 Å². The van der Waals surface area contributed by atoms with E-state index >= 15 is 0 Å². The Labute approximate surface area is 105 Å². The molecule has 0 radical (unpaired) electrons. The fraction of sp³-hybridized carbons (Fsp3) is 0.846. The average Bonchev–Trinajstić information content (AvgIpc) is 2.15. The van der Waals surface area contributed by atoms with Gasteiger partial charge >= 0.3 is 6.09 Å². The highest BCUT2D eigenvalue weighted by Gasteiger charge is 2.25. The van der Waals surface area contributed by atoms with Crippen LogP contribution in [0.3, 0.4) is 0 Å². The molecule has 4 heteroatoms. The van der Waals surface area contributed by atoms with Crippen molar-refractivity contribution in [3.05, 3.63) is 0 Å². The second kappa shape index (κ2) is 7.16. The lowest BCUT2D eigenvalue weighted by Gasteiger charge is -2.30. The first-order valence-corrected chi connectivity index (χ1v) is 6.18. The molecule has 0 N–H and O–H groups in total. The van der Waals surface area contributed by atoms with Gasteiger partial charge in [-0.1, -0.05) is 13.3 Å². The lowest BCUT2D eigenvalue weighted by atomic mass is 10.2. The molecular weight excluding hydrogens is 216 g/mol. The number of hydrogen-bond donors (Lipinski definition) is 0. The van der Waals surface area contributed by atoms with Gasteiger partial charge in [0.25, 0.3) is 0 Å². The van der Waals surface area contributed by atoms with Crippen molar-refractivity contribution < 1.29 is 9.53 Å². The fourth-order valence-corrected chi connectivity index (χ4v) is 1.38. The number of ether oxygens (including phenoxy) is 1. The van der Waals surface area contributed by atoms with Crippen molar-refractivity contribution in [3.63, 3.8) is 0 Å². The Balaban J connectivity index is 4.56. The van der Waals surface area contributed by atoms with Gasteiger partial charge < -0.3 is 9.64 Å². The van der Waals surface area contributed by atoms with Crippen molar-refractivity contribution in [1.29, 1.82) is 5.26 Å². The van der Waals surface area contributed by atoms with E-state index in [0.717, 1.165) is 12.8 Å². The number of carbonyl (C=O) groups excluding carboxylic acids is 1. The molecule has 0 aliphatic rings. The predicted octanol–water partition coefficient (Wildman–Crippen LogP) is 3.33. The zero-order chi connectivity index (χ0) is 13.5. The summed E-state index contributed by atoms with van der Waals surface area (Å²) in [5.41, 5.74) is -0.492. The summed E-state index contributed by atoms with van der Waals surface area (Å²) in [5, 5.41) is 8.70. The minimum atomic E-state index is -0.492. The summed E-state index contributed by atoms with van der Waals surface area (Å²) in [4.78, 5) is 13.6. The van der Waals surface area contributed by atoms with E-state index < -0.39 is 5.60 Å². The molecule has 1 amide bonds. The van der Waals surface area contributed by atoms with Gasteiger partial charge in [0, 0.05) is 12.6 Å². The number of carbonyl (C=O) groups is 1. The highest BCUT2D eigenvalue weighted by atomic mass is 16.6. The monoisotopic (exact) mass is 240 g/mol. The van der Waals surface area contributed by atoms with E-state index in [2.05, 4.69) is 13.0 Å². The van der Waals surface area contributed by atoms with Crippen LogP contribution < -0.4 is 0 Å². The van der Waals surface area contributed by atoms with Gasteiger partial charge in [0.2, 0.25) is 0 Å². The van der Waals surface area contributed by atoms with Crippen molar-refractivity contribution in [2.45, 2.75) is 65.5 Å². The largest absolute Gasteiger partial charge is 0.444 e. The number of hydrogen-bond acceptors (Lipinski definition) is 3. The molecule has 4 nitrogen and oxygen atoms in total. The number of amides is 1. The Morgan fingerprint density at radius 1 is 1.47 bits per heavy atom. The summed E-state index contributed by atoms with van der Waals surface area (Å²) in [6.45, 7) is 10.1. The van der Waals surface area contributed by atoms with Gasteiger partial charge in [0.1, 0.15) is 5.60 Å². The molecule has 0 aliphatic carbocycles. The van der Waals surface area contributed by atoms with Crippen LogP contribution in [0.15, 0.2) is 0 Å². The van der Waals surface area contributed by atoms with Crippen LogP contribution in [-0.4, -0.2) is 29.2 Å². The van der Waals surface area contributed by atoms with E-state index in [1.807, 2.05) is 27.7 Å². The van der Waals surface area contributed by atoms with E-state index in [9.17, 15) is 4.79 Å². The van der Waals surface area contributed by atoms with Crippen molar-refractivity contribution >= 4 is 6.09 Å². The topological polar surface area (TPSA) is 53.3 Å². The SMILES string of the molecule is CCCCN(C(=O)OC(C)(C)C)[C@@H](C)CC#N. The van der Waals surface area contributed by atoms with Crippen molar-refractivity contribution in [1.82, 2.24) is 4.90 Å². The molecule has 0 aromatic heterocycles. The molecule has 1 atom stereocenters. The maximum Gasteiger partial charge on any atom is 0.410 e. The minimum Gasteiger partial charge on any atom is -0.444 e. The second-order valence-electron chi connectivity index (χ2n) is 5.24. The van der Waals surface area contributed by atoms with E-state index in [0.29, 0.717) is 13.0 Å². The molecule has 0 spiro atoms. The maximum atomic E-state index is 12.0. The molecule has 0 saturated carbocycles. The molecule has 98 valence electrons. The molecule has 0 aromatic rings. The number of rotatable bonds is 5. The van der Waals surface area contributed by atoms with Crippen molar-refractivity contribution in [2.24, 2.45) is 0 Å². The molecule has 0 rings (SSSR count). The summed E-state index contributed by atoms with van der Waals surface area (Å²) >= 11 is 0. The summed E-state index contributed by atoms with van der Waals surface area (Å²) in [6, 6.07) is 2.00. The summed E-state index contributed by atoms with van der Waals surface area (Å²) < 4.78 is 5.34. The Kier molecular flexibility index (Phi) is 6.64. The molecule has 0 saturated heterocycles. The Hall–Kier alpha value is -1.24. The third-order valence-electron chi connectivity index (χ3n) is 2.30. The van der Waals surface area contributed by atoms with Crippen LogP contribution in [-0.2, 0) is 4.74 Å². The summed E-state index contributed by atoms with van der Waals surface area (Å²) in [7, 11) is 0. The molecule has 0 heterocycles. The summed E-state index contributed by atoms with van der Waals surface area (Å²) in [5.74, 6) is 0. The Morgan fingerprint density at radius 3 is 2.47 bits per heavy atom. The molecule has 17 heavy (non-hydrogen) atoms. The minimum absolute atomic E-state index is 0.0959. The Bertz CT molecular complexity index is 276. The highest BCUT2D eigenvalue weighted by Crippen LogP contribution is 2.14. The quantitative estimate of drug-likeness (QED) is 0.740. The number of nitriles is 1. The van der Waals surface area contributed by atoms with E-state index in [-0.39, 0.29) is 12.1 Å². The molecule has 0 aromatic carbocycles. The standard InChI is InChI=1S/C13H24N2O2/c1-6-7-10-15(11(2)8-9-14)12(16)17-13(3,4)5/h11H,6-8,10H2,1-5H3/t11-/m0/s1. The van der Waals surface area contributed by atoms with Gasteiger partial charge in [-0.3, -0.25) is 0 Å². The van der Waals surface area contributed by atoms with Gasteiger partial charge in [0.05, 0.1) is 12.5 Å².